The number of carboxylic acid groups (broad SMARTS) is 1. The van der Waals surface area contributed by atoms with E-state index in [4.69, 9.17) is 5.11 Å². The summed E-state index contributed by atoms with van der Waals surface area (Å²) in [7, 11) is 0. The van der Waals surface area contributed by atoms with E-state index in [2.05, 4.69) is 12.2 Å². The van der Waals surface area contributed by atoms with Gasteiger partial charge in [0, 0.05) is 6.42 Å². The Balaban J connectivity index is -0.00000220. The van der Waals surface area contributed by atoms with Crippen molar-refractivity contribution in [3.05, 3.63) is 0 Å². The average molecular weight is 354 g/mol. The molecule has 1 atom stereocenters. The van der Waals surface area contributed by atoms with Crippen molar-refractivity contribution in [2.75, 3.05) is 0 Å². The summed E-state index contributed by atoms with van der Waals surface area (Å²) in [5, 5.41) is 11.7. The van der Waals surface area contributed by atoms with E-state index in [0.29, 0.717) is 12.8 Å². The summed E-state index contributed by atoms with van der Waals surface area (Å²) in [6.07, 6.45) is 11.8. The van der Waals surface area contributed by atoms with E-state index >= 15 is 0 Å². The number of carbonyl (C=O) groups is 2. The smallest absolute Gasteiger partial charge is 1.00 e. The molecule has 0 heterocycles. The molecule has 0 unspecified atom stereocenters. The van der Waals surface area contributed by atoms with Crippen molar-refractivity contribution in [2.45, 2.75) is 97.4 Å². The van der Waals surface area contributed by atoms with Crippen LogP contribution in [-0.4, -0.2) is 23.0 Å². The Kier molecular flexibility index (Phi) is 19.5. The Labute approximate surface area is 186 Å². The summed E-state index contributed by atoms with van der Waals surface area (Å²) in [6.45, 7) is 6.15. The molecule has 0 aromatic heterocycles. The van der Waals surface area contributed by atoms with Crippen molar-refractivity contribution in [1.82, 2.24) is 5.32 Å². The van der Waals surface area contributed by atoms with Gasteiger partial charge in [0.2, 0.25) is 5.91 Å². The molecule has 132 valence electrons. The monoisotopic (exact) mass is 353 g/mol. The van der Waals surface area contributed by atoms with E-state index in [1.54, 1.807) is 0 Å². The van der Waals surface area contributed by atoms with Crippen LogP contribution in [0.15, 0.2) is 0 Å². The van der Waals surface area contributed by atoms with Crippen LogP contribution in [0.1, 0.15) is 92.8 Å². The fourth-order valence-corrected chi connectivity index (χ4v) is 2.56. The quantitative estimate of drug-likeness (QED) is 0.368. The van der Waals surface area contributed by atoms with Gasteiger partial charge in [-0.3, -0.25) is 4.79 Å². The first-order chi connectivity index (χ1) is 10.5. The van der Waals surface area contributed by atoms with Crippen molar-refractivity contribution in [2.24, 2.45) is 5.92 Å². The summed E-state index contributed by atoms with van der Waals surface area (Å²) in [5.74, 6) is -0.806. The second-order valence-corrected chi connectivity index (χ2v) is 6.67. The maximum atomic E-state index is 11.8. The number of carboxylic acids is 1. The molecule has 0 rings (SSSR count). The first kappa shape index (κ1) is 25.8. The van der Waals surface area contributed by atoms with Crippen LogP contribution in [0.2, 0.25) is 0 Å². The van der Waals surface area contributed by atoms with Crippen LogP contribution in [0, 0.1) is 5.92 Å². The maximum absolute atomic E-state index is 11.8. The minimum atomic E-state index is -0.936. The van der Waals surface area contributed by atoms with E-state index in [1.165, 1.54) is 44.9 Å². The summed E-state index contributed by atoms with van der Waals surface area (Å²) >= 11 is 0. The Hall–Kier alpha value is 0.576. The van der Waals surface area contributed by atoms with Crippen molar-refractivity contribution in [3.8, 4) is 0 Å². The molecule has 1 amide bonds. The Bertz CT molecular complexity index is 315. The third-order valence-corrected chi connectivity index (χ3v) is 3.85. The molecular formula is C18H36KNO3. The SMILES string of the molecule is CCCCCCCCCCCC(=O)N[C@@H](CC(C)C)C(=O)O.[H-].[K+]. The molecule has 0 aromatic carbocycles. The molecule has 0 spiro atoms. The number of hydrogen-bond acceptors (Lipinski definition) is 2. The molecular weight excluding hydrogens is 317 g/mol. The number of rotatable bonds is 14. The van der Waals surface area contributed by atoms with Gasteiger partial charge in [0.05, 0.1) is 0 Å². The molecule has 0 bridgehead atoms. The molecule has 0 saturated carbocycles. The van der Waals surface area contributed by atoms with Crippen LogP contribution >= 0.6 is 0 Å². The topological polar surface area (TPSA) is 66.4 Å². The molecule has 23 heavy (non-hydrogen) atoms. The molecule has 0 aliphatic rings. The van der Waals surface area contributed by atoms with Gasteiger partial charge in [-0.05, 0) is 18.8 Å². The Morgan fingerprint density at radius 3 is 1.87 bits per heavy atom. The van der Waals surface area contributed by atoms with Gasteiger partial charge in [0.15, 0.2) is 0 Å². The number of aliphatic carboxylic acids is 1. The van der Waals surface area contributed by atoms with E-state index in [1.807, 2.05) is 13.8 Å². The summed E-state index contributed by atoms with van der Waals surface area (Å²) in [6, 6.07) is -0.744. The van der Waals surface area contributed by atoms with Crippen LogP contribution in [0.3, 0.4) is 0 Å². The number of amides is 1. The first-order valence-electron chi connectivity index (χ1n) is 8.99. The van der Waals surface area contributed by atoms with Gasteiger partial charge in [0.25, 0.3) is 0 Å². The van der Waals surface area contributed by atoms with Crippen LogP contribution in [0.4, 0.5) is 0 Å². The van der Waals surface area contributed by atoms with Gasteiger partial charge >= 0.3 is 57.4 Å². The van der Waals surface area contributed by atoms with Crippen molar-refractivity contribution in [3.63, 3.8) is 0 Å². The predicted octanol–water partition coefficient (Wildman–Crippen LogP) is 1.64. The maximum Gasteiger partial charge on any atom is 1.00 e. The normalized spacial score (nSPS) is 11.8. The predicted molar refractivity (Wildman–Crippen MR) is 92.0 cm³/mol. The number of hydrogen-bond donors (Lipinski definition) is 2. The zero-order valence-corrected chi connectivity index (χ0v) is 18.8. The van der Waals surface area contributed by atoms with Gasteiger partial charge in [0.1, 0.15) is 6.04 Å². The summed E-state index contributed by atoms with van der Waals surface area (Å²) < 4.78 is 0. The third-order valence-electron chi connectivity index (χ3n) is 3.85. The van der Waals surface area contributed by atoms with E-state index in [9.17, 15) is 9.59 Å². The Morgan fingerprint density at radius 2 is 1.43 bits per heavy atom. The molecule has 0 aliphatic heterocycles. The van der Waals surface area contributed by atoms with Gasteiger partial charge in [-0.25, -0.2) is 4.79 Å². The standard InChI is InChI=1S/C18H35NO3.K.H/c1-4-5-6-7-8-9-10-11-12-13-17(20)19-16(18(21)22)14-15(2)3;;/h15-16H,4-14H2,1-3H3,(H,19,20)(H,21,22);;/q;+1;-1/t16-;;/m0../s1. The molecule has 0 radical (unpaired) electrons. The van der Waals surface area contributed by atoms with Crippen LogP contribution in [-0.2, 0) is 9.59 Å². The zero-order chi connectivity index (χ0) is 16.8. The largest absolute Gasteiger partial charge is 1.00 e. The minimum Gasteiger partial charge on any atom is -1.00 e. The van der Waals surface area contributed by atoms with E-state index < -0.39 is 12.0 Å². The number of nitrogens with one attached hydrogen (secondary N) is 1. The molecule has 0 saturated heterocycles. The van der Waals surface area contributed by atoms with Crippen LogP contribution < -0.4 is 56.7 Å². The van der Waals surface area contributed by atoms with Crippen molar-refractivity contribution in [1.29, 1.82) is 0 Å². The van der Waals surface area contributed by atoms with Crippen molar-refractivity contribution < 1.29 is 67.5 Å². The molecule has 4 nitrogen and oxygen atoms in total. The fourth-order valence-electron chi connectivity index (χ4n) is 2.56. The van der Waals surface area contributed by atoms with Crippen LogP contribution in [0.25, 0.3) is 0 Å². The zero-order valence-electron chi connectivity index (χ0n) is 16.7. The van der Waals surface area contributed by atoms with Crippen molar-refractivity contribution >= 4 is 11.9 Å². The second-order valence-electron chi connectivity index (χ2n) is 6.67. The molecule has 2 N–H and O–H groups in total. The summed E-state index contributed by atoms with van der Waals surface area (Å²) in [5.41, 5.74) is 0. The number of unbranched alkanes of at least 4 members (excludes halogenated alkanes) is 8. The van der Waals surface area contributed by atoms with E-state index in [0.717, 1.165) is 12.8 Å². The first-order valence-corrected chi connectivity index (χ1v) is 8.99. The molecule has 5 heteroatoms. The Morgan fingerprint density at radius 1 is 0.957 bits per heavy atom. The second kappa shape index (κ2) is 17.4. The molecule has 0 fully saturated rings. The third kappa shape index (κ3) is 17.2. The van der Waals surface area contributed by atoms with Gasteiger partial charge in [-0.15, -0.1) is 0 Å². The molecule has 0 aromatic rings. The van der Waals surface area contributed by atoms with Gasteiger partial charge < -0.3 is 11.8 Å². The fraction of sp³-hybridized carbons (Fsp3) is 0.889. The van der Waals surface area contributed by atoms with Crippen LogP contribution in [0.5, 0.6) is 0 Å². The number of carbonyl (C=O) groups excluding carboxylic acids is 1. The van der Waals surface area contributed by atoms with Gasteiger partial charge in [-0.2, -0.15) is 0 Å². The minimum absolute atomic E-state index is 0. The van der Waals surface area contributed by atoms with E-state index in [-0.39, 0.29) is 64.6 Å². The summed E-state index contributed by atoms with van der Waals surface area (Å²) in [4.78, 5) is 22.9. The van der Waals surface area contributed by atoms with Gasteiger partial charge in [-0.1, -0.05) is 72.1 Å². The average Bonchev–Trinajstić information content (AvgIpc) is 2.44. The molecule has 0 aliphatic carbocycles.